The van der Waals surface area contributed by atoms with Crippen molar-refractivity contribution >= 4 is 17.0 Å². The zero-order chi connectivity index (χ0) is 15.2. The van der Waals surface area contributed by atoms with Gasteiger partial charge in [0.2, 0.25) is 0 Å². The maximum absolute atomic E-state index is 3.36. The highest BCUT2D eigenvalue weighted by atomic mass is 32.1. The van der Waals surface area contributed by atoms with Gasteiger partial charge in [0.1, 0.15) is 0 Å². The molecule has 0 radical (unpaired) electrons. The number of benzene rings is 1. The Morgan fingerprint density at radius 1 is 1.14 bits per heavy atom. The smallest absolute Gasteiger partial charge is 0.0525 e. The zero-order valence-corrected chi connectivity index (χ0v) is 14.3. The first kappa shape index (κ1) is 16.1. The second-order valence-electron chi connectivity index (χ2n) is 5.64. The van der Waals surface area contributed by atoms with Gasteiger partial charge in [-0.3, -0.25) is 0 Å². The van der Waals surface area contributed by atoms with E-state index in [4.69, 9.17) is 0 Å². The second kappa shape index (κ2) is 7.62. The molecule has 0 aliphatic rings. The van der Waals surface area contributed by atoms with Gasteiger partial charge in [0.05, 0.1) is 6.54 Å². The van der Waals surface area contributed by atoms with Crippen molar-refractivity contribution in [3.63, 3.8) is 0 Å². The Kier molecular flexibility index (Phi) is 5.83. The molecule has 0 amide bonds. The van der Waals surface area contributed by atoms with Crippen LogP contribution in [0.2, 0.25) is 0 Å². The summed E-state index contributed by atoms with van der Waals surface area (Å²) < 4.78 is 0. The molecule has 1 aromatic heterocycles. The Morgan fingerprint density at radius 3 is 2.33 bits per heavy atom. The summed E-state index contributed by atoms with van der Waals surface area (Å²) in [5.41, 5.74) is 2.66. The number of rotatable bonds is 7. The maximum Gasteiger partial charge on any atom is 0.0525 e. The van der Waals surface area contributed by atoms with Crippen molar-refractivity contribution in [2.75, 3.05) is 11.9 Å². The van der Waals surface area contributed by atoms with Crippen LogP contribution in [0.5, 0.6) is 0 Å². The zero-order valence-electron chi connectivity index (χ0n) is 13.5. The molecule has 3 heteroatoms. The van der Waals surface area contributed by atoms with Gasteiger partial charge in [-0.15, -0.1) is 11.3 Å². The molecule has 1 N–H and O–H groups in total. The molecule has 2 nitrogen and oxygen atoms in total. The number of nitrogens with zero attached hydrogens (tertiary/aromatic N) is 1. The Labute approximate surface area is 132 Å². The standard InChI is InChI=1S/C18H26N2S/c1-5-18(19-4)15-8-10-16(11-9-15)20(14(2)3)13-17-7-6-12-21-17/h6-12,14,18-19H,5,13H2,1-4H3. The van der Waals surface area contributed by atoms with Crippen molar-refractivity contribution in [1.29, 1.82) is 0 Å². The lowest BCUT2D eigenvalue weighted by Crippen LogP contribution is -2.29. The number of anilines is 1. The summed E-state index contributed by atoms with van der Waals surface area (Å²) in [7, 11) is 2.03. The molecule has 0 spiro atoms. The lowest BCUT2D eigenvalue weighted by Gasteiger charge is -2.29. The van der Waals surface area contributed by atoms with Gasteiger partial charge in [0, 0.05) is 22.6 Å². The Balaban J connectivity index is 2.17. The fraction of sp³-hybridized carbons (Fsp3) is 0.444. The van der Waals surface area contributed by atoms with E-state index < -0.39 is 0 Å². The van der Waals surface area contributed by atoms with Crippen molar-refractivity contribution < 1.29 is 0 Å². The highest BCUT2D eigenvalue weighted by Crippen LogP contribution is 2.25. The summed E-state index contributed by atoms with van der Waals surface area (Å²) >= 11 is 1.83. The van der Waals surface area contributed by atoms with E-state index in [-0.39, 0.29) is 0 Å². The largest absolute Gasteiger partial charge is 0.364 e. The van der Waals surface area contributed by atoms with E-state index in [1.54, 1.807) is 0 Å². The fourth-order valence-electron chi connectivity index (χ4n) is 2.65. The maximum atomic E-state index is 3.36. The molecule has 21 heavy (non-hydrogen) atoms. The van der Waals surface area contributed by atoms with Gasteiger partial charge < -0.3 is 10.2 Å². The molecule has 2 aromatic rings. The quantitative estimate of drug-likeness (QED) is 0.788. The molecule has 1 heterocycles. The predicted octanol–water partition coefficient (Wildman–Crippen LogP) is 4.83. The Hall–Kier alpha value is -1.32. The lowest BCUT2D eigenvalue weighted by molar-refractivity contribution is 0.576. The molecule has 0 aliphatic carbocycles. The van der Waals surface area contributed by atoms with Crippen LogP contribution < -0.4 is 10.2 Å². The summed E-state index contributed by atoms with van der Waals surface area (Å²) in [5, 5.41) is 5.51. The van der Waals surface area contributed by atoms with Crippen LogP contribution in [-0.4, -0.2) is 13.1 Å². The van der Waals surface area contributed by atoms with Crippen molar-refractivity contribution in [2.24, 2.45) is 0 Å². The van der Waals surface area contributed by atoms with E-state index in [0.29, 0.717) is 12.1 Å². The average molecular weight is 302 g/mol. The molecular weight excluding hydrogens is 276 g/mol. The van der Waals surface area contributed by atoms with Crippen molar-refractivity contribution in [3.05, 3.63) is 52.2 Å². The van der Waals surface area contributed by atoms with Gasteiger partial charge >= 0.3 is 0 Å². The summed E-state index contributed by atoms with van der Waals surface area (Å²) in [5.74, 6) is 0. The van der Waals surface area contributed by atoms with Crippen LogP contribution in [0.15, 0.2) is 41.8 Å². The van der Waals surface area contributed by atoms with Gasteiger partial charge in [0.25, 0.3) is 0 Å². The average Bonchev–Trinajstić information content (AvgIpc) is 3.00. The van der Waals surface area contributed by atoms with Crippen molar-refractivity contribution in [2.45, 2.75) is 45.8 Å². The van der Waals surface area contributed by atoms with Crippen LogP contribution in [0.25, 0.3) is 0 Å². The van der Waals surface area contributed by atoms with E-state index in [0.717, 1.165) is 13.0 Å². The fourth-order valence-corrected chi connectivity index (χ4v) is 3.35. The monoisotopic (exact) mass is 302 g/mol. The van der Waals surface area contributed by atoms with Gasteiger partial charge in [-0.2, -0.15) is 0 Å². The molecule has 1 atom stereocenters. The summed E-state index contributed by atoms with van der Waals surface area (Å²) in [4.78, 5) is 3.87. The minimum absolute atomic E-state index is 0.448. The lowest BCUT2D eigenvalue weighted by atomic mass is 10.0. The third-order valence-electron chi connectivity index (χ3n) is 3.91. The highest BCUT2D eigenvalue weighted by Gasteiger charge is 2.13. The van der Waals surface area contributed by atoms with Gasteiger partial charge in [-0.05, 0) is 56.5 Å². The Bertz CT molecular complexity index is 513. The highest BCUT2D eigenvalue weighted by molar-refractivity contribution is 7.09. The molecule has 0 saturated carbocycles. The SMILES string of the molecule is CCC(NC)c1ccc(N(Cc2cccs2)C(C)C)cc1. The third kappa shape index (κ3) is 4.08. The molecule has 0 fully saturated rings. The van der Waals surface area contributed by atoms with Crippen LogP contribution in [0, 0.1) is 0 Å². The number of hydrogen-bond donors (Lipinski definition) is 1. The van der Waals surface area contributed by atoms with Crippen LogP contribution >= 0.6 is 11.3 Å². The minimum Gasteiger partial charge on any atom is -0.364 e. The summed E-state index contributed by atoms with van der Waals surface area (Å²) in [6, 6.07) is 14.3. The minimum atomic E-state index is 0.448. The van der Waals surface area contributed by atoms with Crippen molar-refractivity contribution in [3.8, 4) is 0 Å². The molecule has 114 valence electrons. The normalized spacial score (nSPS) is 12.6. The first-order valence-electron chi connectivity index (χ1n) is 7.72. The third-order valence-corrected chi connectivity index (χ3v) is 4.77. The predicted molar refractivity (Wildman–Crippen MR) is 94.2 cm³/mol. The number of thiophene rings is 1. The van der Waals surface area contributed by atoms with Gasteiger partial charge in [-0.25, -0.2) is 0 Å². The molecule has 0 saturated heterocycles. The summed E-state index contributed by atoms with van der Waals surface area (Å²) in [6.45, 7) is 7.71. The van der Waals surface area contributed by atoms with Gasteiger partial charge in [-0.1, -0.05) is 25.1 Å². The Morgan fingerprint density at radius 2 is 1.86 bits per heavy atom. The first-order valence-corrected chi connectivity index (χ1v) is 8.60. The summed E-state index contributed by atoms with van der Waals surface area (Å²) in [6.07, 6.45) is 1.11. The van der Waals surface area contributed by atoms with Crippen LogP contribution in [0.1, 0.15) is 43.7 Å². The molecule has 2 rings (SSSR count). The van der Waals surface area contributed by atoms with Crippen LogP contribution in [-0.2, 0) is 6.54 Å². The molecule has 0 bridgehead atoms. The topological polar surface area (TPSA) is 15.3 Å². The molecular formula is C18H26N2S. The van der Waals surface area contributed by atoms with Gasteiger partial charge in [0.15, 0.2) is 0 Å². The first-order chi connectivity index (χ1) is 10.2. The van der Waals surface area contributed by atoms with E-state index in [2.05, 4.69) is 72.8 Å². The van der Waals surface area contributed by atoms with E-state index >= 15 is 0 Å². The molecule has 1 unspecified atom stereocenters. The van der Waals surface area contributed by atoms with E-state index in [1.807, 2.05) is 18.4 Å². The van der Waals surface area contributed by atoms with Crippen LogP contribution in [0.4, 0.5) is 5.69 Å². The van der Waals surface area contributed by atoms with E-state index in [9.17, 15) is 0 Å². The van der Waals surface area contributed by atoms with E-state index in [1.165, 1.54) is 16.1 Å². The molecule has 0 aliphatic heterocycles. The number of nitrogens with one attached hydrogen (secondary N) is 1. The molecule has 1 aromatic carbocycles. The second-order valence-corrected chi connectivity index (χ2v) is 6.67. The number of hydrogen-bond acceptors (Lipinski definition) is 3. The van der Waals surface area contributed by atoms with Crippen LogP contribution in [0.3, 0.4) is 0 Å². The van der Waals surface area contributed by atoms with Crippen molar-refractivity contribution in [1.82, 2.24) is 5.32 Å².